The Morgan fingerprint density at radius 3 is 2.52 bits per heavy atom. The van der Waals surface area contributed by atoms with Crippen LogP contribution in [0.25, 0.3) is 10.8 Å². The van der Waals surface area contributed by atoms with Crippen LogP contribution in [0.4, 0.5) is 0 Å². The molecule has 0 aliphatic rings. The van der Waals surface area contributed by atoms with Crippen LogP contribution in [-0.2, 0) is 0 Å². The number of carbonyl (C=O) groups is 1. The van der Waals surface area contributed by atoms with E-state index in [2.05, 4.69) is 30.3 Å². The van der Waals surface area contributed by atoms with Crippen LogP contribution in [0.3, 0.4) is 0 Å². The van der Waals surface area contributed by atoms with Gasteiger partial charge in [-0.1, -0.05) is 42.5 Å². The van der Waals surface area contributed by atoms with Crippen LogP contribution in [0, 0.1) is 0 Å². The van der Waals surface area contributed by atoms with E-state index in [-0.39, 0.29) is 5.56 Å². The highest BCUT2D eigenvalue weighted by Gasteiger charge is 2.09. The molecule has 0 heterocycles. The fourth-order valence-corrected chi connectivity index (χ4v) is 3.11. The summed E-state index contributed by atoms with van der Waals surface area (Å²) in [5.41, 5.74) is 0.197. The van der Waals surface area contributed by atoms with Crippen molar-refractivity contribution < 1.29 is 14.6 Å². The Bertz CT molecular complexity index is 829. The second-order valence-corrected chi connectivity index (χ2v) is 6.18. The van der Waals surface area contributed by atoms with E-state index in [1.807, 2.05) is 12.1 Å². The third-order valence-corrected chi connectivity index (χ3v) is 4.41. The molecule has 0 fully saturated rings. The molecular weight excluding hydrogens is 308 g/mol. The Balaban J connectivity index is 1.58. The molecule has 3 nitrogen and oxygen atoms in total. The zero-order valence-electron chi connectivity index (χ0n) is 12.4. The van der Waals surface area contributed by atoms with E-state index in [0.717, 1.165) is 5.75 Å². The van der Waals surface area contributed by atoms with Gasteiger partial charge < -0.3 is 9.84 Å². The number of hydrogen-bond acceptors (Lipinski definition) is 3. The molecule has 3 rings (SSSR count). The van der Waals surface area contributed by atoms with Crippen molar-refractivity contribution in [1.82, 2.24) is 0 Å². The Hall–Kier alpha value is -2.46. The van der Waals surface area contributed by atoms with E-state index in [4.69, 9.17) is 9.84 Å². The van der Waals surface area contributed by atoms with Crippen molar-refractivity contribution in [2.75, 3.05) is 12.4 Å². The van der Waals surface area contributed by atoms with Gasteiger partial charge in [0.1, 0.15) is 11.3 Å². The molecule has 3 aromatic carbocycles. The summed E-state index contributed by atoms with van der Waals surface area (Å²) in [6.07, 6.45) is 0. The van der Waals surface area contributed by atoms with Gasteiger partial charge in [0.05, 0.1) is 6.61 Å². The van der Waals surface area contributed by atoms with Crippen LogP contribution < -0.4 is 4.74 Å². The van der Waals surface area contributed by atoms with Crippen LogP contribution >= 0.6 is 11.8 Å². The first kappa shape index (κ1) is 15.4. The van der Waals surface area contributed by atoms with Crippen LogP contribution in [0.1, 0.15) is 10.4 Å². The highest BCUT2D eigenvalue weighted by Crippen LogP contribution is 2.24. The molecule has 0 amide bonds. The minimum absolute atomic E-state index is 0.197. The summed E-state index contributed by atoms with van der Waals surface area (Å²) in [4.78, 5) is 12.3. The number of ether oxygens (including phenoxy) is 1. The molecule has 0 aliphatic heterocycles. The predicted octanol–water partition coefficient (Wildman–Crippen LogP) is 4.71. The van der Waals surface area contributed by atoms with Gasteiger partial charge in [-0.25, -0.2) is 4.79 Å². The maximum Gasteiger partial charge on any atom is 0.339 e. The molecule has 4 heteroatoms. The molecule has 3 aromatic rings. The van der Waals surface area contributed by atoms with E-state index < -0.39 is 5.97 Å². The summed E-state index contributed by atoms with van der Waals surface area (Å²) in [5, 5.41) is 11.6. The first-order valence-corrected chi connectivity index (χ1v) is 8.29. The lowest BCUT2D eigenvalue weighted by Crippen LogP contribution is -2.05. The summed E-state index contributed by atoms with van der Waals surface area (Å²) in [5.74, 6) is 0.202. The third-order valence-electron chi connectivity index (χ3n) is 3.45. The first-order chi connectivity index (χ1) is 11.2. The Morgan fingerprint density at radius 1 is 0.957 bits per heavy atom. The number of rotatable bonds is 6. The number of carboxylic acids is 1. The van der Waals surface area contributed by atoms with E-state index in [1.54, 1.807) is 36.0 Å². The maximum atomic E-state index is 11.1. The molecule has 0 atom stereocenters. The fraction of sp³-hybridized carbons (Fsp3) is 0.105. The lowest BCUT2D eigenvalue weighted by atomic mass is 10.1. The van der Waals surface area contributed by atoms with Crippen LogP contribution in [0.15, 0.2) is 71.6 Å². The number of fused-ring (bicyclic) bond motifs is 1. The summed E-state index contributed by atoms with van der Waals surface area (Å²) in [6, 6.07) is 21.3. The molecule has 1 N–H and O–H groups in total. The third kappa shape index (κ3) is 3.85. The maximum absolute atomic E-state index is 11.1. The Morgan fingerprint density at radius 2 is 1.70 bits per heavy atom. The number of thioether (sulfide) groups is 1. The molecular formula is C19H16O3S. The van der Waals surface area contributed by atoms with Crippen molar-refractivity contribution in [3.8, 4) is 5.75 Å². The standard InChI is InChI=1S/C19H16O3S/c20-19(21)17-7-3-4-8-18(17)22-11-12-23-16-10-9-14-5-1-2-6-15(14)13-16/h1-10,13H,11-12H2,(H,20,21). The average molecular weight is 324 g/mol. The number of carboxylic acid groups (broad SMARTS) is 1. The van der Waals surface area contributed by atoms with Gasteiger partial charge in [0.15, 0.2) is 0 Å². The van der Waals surface area contributed by atoms with Crippen LogP contribution in [0.5, 0.6) is 5.75 Å². The van der Waals surface area contributed by atoms with Crippen LogP contribution in [-0.4, -0.2) is 23.4 Å². The quantitative estimate of drug-likeness (QED) is 0.527. The van der Waals surface area contributed by atoms with Gasteiger partial charge >= 0.3 is 5.97 Å². The van der Waals surface area contributed by atoms with E-state index in [9.17, 15) is 4.79 Å². The summed E-state index contributed by atoms with van der Waals surface area (Å²) in [7, 11) is 0. The Kier molecular flexibility index (Phi) is 4.83. The molecule has 0 bridgehead atoms. The average Bonchev–Trinajstić information content (AvgIpc) is 2.59. The summed E-state index contributed by atoms with van der Waals surface area (Å²) >= 11 is 1.70. The second-order valence-electron chi connectivity index (χ2n) is 5.01. The molecule has 0 saturated heterocycles. The van der Waals surface area contributed by atoms with E-state index in [1.165, 1.54) is 15.7 Å². The highest BCUT2D eigenvalue weighted by molar-refractivity contribution is 7.99. The largest absolute Gasteiger partial charge is 0.492 e. The molecule has 0 saturated carbocycles. The first-order valence-electron chi connectivity index (χ1n) is 7.31. The van der Waals surface area contributed by atoms with Crippen molar-refractivity contribution in [2.24, 2.45) is 0 Å². The molecule has 0 unspecified atom stereocenters. The minimum Gasteiger partial charge on any atom is -0.492 e. The zero-order valence-corrected chi connectivity index (χ0v) is 13.3. The highest BCUT2D eigenvalue weighted by atomic mass is 32.2. The van der Waals surface area contributed by atoms with Crippen molar-refractivity contribution in [2.45, 2.75) is 4.90 Å². The predicted molar refractivity (Wildman–Crippen MR) is 93.6 cm³/mol. The van der Waals surface area contributed by atoms with Gasteiger partial charge in [-0.05, 0) is 35.0 Å². The van der Waals surface area contributed by atoms with Crippen molar-refractivity contribution in [1.29, 1.82) is 0 Å². The number of aromatic carboxylic acids is 1. The molecule has 116 valence electrons. The Labute approximate surface area is 138 Å². The monoisotopic (exact) mass is 324 g/mol. The SMILES string of the molecule is O=C(O)c1ccccc1OCCSc1ccc2ccccc2c1. The van der Waals surface area contributed by atoms with Gasteiger partial charge in [0.25, 0.3) is 0 Å². The fourth-order valence-electron chi connectivity index (χ4n) is 2.34. The van der Waals surface area contributed by atoms with Gasteiger partial charge in [-0.2, -0.15) is 0 Å². The zero-order chi connectivity index (χ0) is 16.1. The smallest absolute Gasteiger partial charge is 0.339 e. The molecule has 0 spiro atoms. The van der Waals surface area contributed by atoms with Gasteiger partial charge in [0, 0.05) is 10.6 Å². The van der Waals surface area contributed by atoms with Crippen molar-refractivity contribution in [3.05, 3.63) is 72.3 Å². The summed E-state index contributed by atoms with van der Waals surface area (Å²) in [6.45, 7) is 0.460. The van der Waals surface area contributed by atoms with E-state index >= 15 is 0 Å². The lowest BCUT2D eigenvalue weighted by Gasteiger charge is -2.09. The van der Waals surface area contributed by atoms with Crippen molar-refractivity contribution in [3.63, 3.8) is 0 Å². The normalized spacial score (nSPS) is 10.6. The summed E-state index contributed by atoms with van der Waals surface area (Å²) < 4.78 is 5.61. The molecule has 0 radical (unpaired) electrons. The molecule has 0 aromatic heterocycles. The molecule has 23 heavy (non-hydrogen) atoms. The topological polar surface area (TPSA) is 46.5 Å². The lowest BCUT2D eigenvalue weighted by molar-refractivity contribution is 0.0692. The number of hydrogen-bond donors (Lipinski definition) is 1. The van der Waals surface area contributed by atoms with Gasteiger partial charge in [-0.3, -0.25) is 0 Å². The van der Waals surface area contributed by atoms with E-state index in [0.29, 0.717) is 12.4 Å². The van der Waals surface area contributed by atoms with Crippen molar-refractivity contribution >= 4 is 28.5 Å². The second kappa shape index (κ2) is 7.20. The van der Waals surface area contributed by atoms with Gasteiger partial charge in [0.2, 0.25) is 0 Å². The number of benzene rings is 3. The number of para-hydroxylation sites is 1. The molecule has 0 aliphatic carbocycles. The van der Waals surface area contributed by atoms with Crippen LogP contribution in [0.2, 0.25) is 0 Å². The minimum atomic E-state index is -0.970. The van der Waals surface area contributed by atoms with Gasteiger partial charge in [-0.15, -0.1) is 11.8 Å².